The van der Waals surface area contributed by atoms with Crippen LogP contribution in [0.3, 0.4) is 0 Å². The molecule has 3 atom stereocenters. The molecule has 2 aliphatic heterocycles. The summed E-state index contributed by atoms with van der Waals surface area (Å²) >= 11 is 0. The number of carboxylic acids is 1. The normalized spacial score (nSPS) is 25.4. The molecule has 1 saturated heterocycles. The van der Waals surface area contributed by atoms with Gasteiger partial charge in [0.15, 0.2) is 0 Å². The monoisotopic (exact) mass is 371 g/mol. The number of anilines is 2. The predicted octanol–water partition coefficient (Wildman–Crippen LogP) is 3.31. The summed E-state index contributed by atoms with van der Waals surface area (Å²) in [6.45, 7) is 7.37. The lowest BCUT2D eigenvalue weighted by Crippen LogP contribution is -2.32. The van der Waals surface area contributed by atoms with Gasteiger partial charge in [0.1, 0.15) is 11.7 Å². The van der Waals surface area contributed by atoms with Crippen molar-refractivity contribution >= 4 is 23.4 Å². The van der Waals surface area contributed by atoms with Crippen LogP contribution in [0.15, 0.2) is 24.9 Å². The van der Waals surface area contributed by atoms with Crippen LogP contribution in [-0.2, 0) is 4.79 Å². The molecule has 0 aromatic heterocycles. The number of nitrogens with two attached hydrogens (primary N) is 1. The zero-order valence-corrected chi connectivity index (χ0v) is 15.6. The molecule has 0 bridgehead atoms. The van der Waals surface area contributed by atoms with E-state index in [1.165, 1.54) is 6.07 Å². The van der Waals surface area contributed by atoms with Gasteiger partial charge in [0.05, 0.1) is 11.4 Å². The molecular weight excluding hydrogens is 345 g/mol. The van der Waals surface area contributed by atoms with E-state index in [0.717, 1.165) is 31.5 Å². The van der Waals surface area contributed by atoms with Crippen LogP contribution >= 0.6 is 0 Å². The number of carboxylic acid groups (broad SMARTS) is 1. The molecular formula is C21H26FN3O2. The van der Waals surface area contributed by atoms with Gasteiger partial charge in [0.25, 0.3) is 0 Å². The van der Waals surface area contributed by atoms with E-state index in [0.29, 0.717) is 35.3 Å². The van der Waals surface area contributed by atoms with Crippen molar-refractivity contribution in [2.45, 2.75) is 44.2 Å². The van der Waals surface area contributed by atoms with Crippen molar-refractivity contribution < 1.29 is 14.3 Å². The molecule has 2 heterocycles. The van der Waals surface area contributed by atoms with Gasteiger partial charge >= 0.3 is 5.97 Å². The van der Waals surface area contributed by atoms with Gasteiger partial charge in [0, 0.05) is 36.9 Å². The number of nitrogens with zero attached hydrogens (tertiary/aromatic N) is 2. The molecule has 1 aromatic carbocycles. The van der Waals surface area contributed by atoms with E-state index < -0.39 is 11.9 Å². The molecule has 2 fully saturated rings. The Morgan fingerprint density at radius 2 is 2.15 bits per heavy atom. The minimum atomic E-state index is -0.969. The second kappa shape index (κ2) is 6.68. The molecule has 1 saturated carbocycles. The largest absolute Gasteiger partial charge is 0.481 e. The highest BCUT2D eigenvalue weighted by atomic mass is 19.1. The first kappa shape index (κ1) is 18.0. The highest BCUT2D eigenvalue weighted by Gasteiger charge is 2.38. The third-order valence-electron chi connectivity index (χ3n) is 6.02. The summed E-state index contributed by atoms with van der Waals surface area (Å²) in [5, 5.41) is 9.61. The topological polar surface area (TPSA) is 69.8 Å². The Bertz CT molecular complexity index is 816. The maximum absolute atomic E-state index is 15.2. The van der Waals surface area contributed by atoms with E-state index in [4.69, 9.17) is 5.73 Å². The Morgan fingerprint density at radius 1 is 1.41 bits per heavy atom. The van der Waals surface area contributed by atoms with E-state index in [2.05, 4.69) is 11.5 Å². The molecule has 27 heavy (non-hydrogen) atoms. The molecule has 144 valence electrons. The molecule has 3 aliphatic rings. The highest BCUT2D eigenvalue weighted by molar-refractivity contribution is 5.90. The van der Waals surface area contributed by atoms with Gasteiger partial charge in [0.2, 0.25) is 0 Å². The van der Waals surface area contributed by atoms with Crippen LogP contribution in [-0.4, -0.2) is 36.2 Å². The van der Waals surface area contributed by atoms with E-state index in [9.17, 15) is 9.90 Å². The average molecular weight is 371 g/mol. The number of halogens is 1. The summed E-state index contributed by atoms with van der Waals surface area (Å²) in [6, 6.07) is 1.82. The molecule has 5 nitrogen and oxygen atoms in total. The Morgan fingerprint density at radius 3 is 2.70 bits per heavy atom. The van der Waals surface area contributed by atoms with E-state index in [1.54, 1.807) is 12.2 Å². The van der Waals surface area contributed by atoms with E-state index in [1.807, 2.05) is 18.0 Å². The summed E-state index contributed by atoms with van der Waals surface area (Å²) in [6.07, 6.45) is 8.21. The molecule has 3 N–H and O–H groups in total. The van der Waals surface area contributed by atoms with Crippen LogP contribution < -0.4 is 15.5 Å². The summed E-state index contributed by atoms with van der Waals surface area (Å²) < 4.78 is 15.2. The Hall–Kier alpha value is -2.34. The number of hydrogen-bond donors (Lipinski definition) is 2. The lowest BCUT2D eigenvalue weighted by atomic mass is 9.89. The third-order valence-corrected chi connectivity index (χ3v) is 6.02. The van der Waals surface area contributed by atoms with Crippen LogP contribution in [0.25, 0.3) is 6.08 Å². The number of carbonyl (C=O) groups is 1. The van der Waals surface area contributed by atoms with Gasteiger partial charge in [-0.2, -0.15) is 0 Å². The molecule has 3 unspecified atom stereocenters. The van der Waals surface area contributed by atoms with Gasteiger partial charge in [-0.05, 0) is 49.8 Å². The molecule has 6 heteroatoms. The van der Waals surface area contributed by atoms with Gasteiger partial charge in [-0.15, -0.1) is 0 Å². The number of hydrogen-bond acceptors (Lipinski definition) is 4. The van der Waals surface area contributed by atoms with Crippen molar-refractivity contribution in [2.75, 3.05) is 22.9 Å². The summed E-state index contributed by atoms with van der Waals surface area (Å²) in [5.41, 5.74) is 8.58. The number of benzene rings is 1. The van der Waals surface area contributed by atoms with Crippen molar-refractivity contribution in [2.24, 2.45) is 11.7 Å². The lowest BCUT2D eigenvalue weighted by molar-refractivity contribution is -0.137. The Balaban J connectivity index is 1.84. The van der Waals surface area contributed by atoms with E-state index in [-0.39, 0.29) is 11.9 Å². The fourth-order valence-electron chi connectivity index (χ4n) is 4.36. The SMILES string of the molecule is C=Cc1c(N2CCC(C(C)N)C2)c(F)cc2c1N(C1CC1)C=CC2C(=O)O. The van der Waals surface area contributed by atoms with E-state index >= 15 is 4.39 Å². The van der Waals surface area contributed by atoms with Crippen LogP contribution in [0, 0.1) is 11.7 Å². The Kier molecular flexibility index (Phi) is 4.46. The van der Waals surface area contributed by atoms with Crippen LogP contribution in [0.2, 0.25) is 0 Å². The number of aliphatic carboxylic acids is 1. The van der Waals surface area contributed by atoms with Crippen LogP contribution in [0.1, 0.15) is 43.2 Å². The maximum Gasteiger partial charge on any atom is 0.315 e. The van der Waals surface area contributed by atoms with Crippen LogP contribution in [0.5, 0.6) is 0 Å². The molecule has 1 aromatic rings. The standard InChI is InChI=1S/C21H26FN3O2/c1-3-15-19-17(16(21(26)27)7-9-25(19)14-4-5-14)10-18(22)20(15)24-8-6-13(11-24)12(2)23/h3,7,9-10,12-14,16H,1,4-6,8,11,23H2,2H3,(H,26,27). The lowest BCUT2D eigenvalue weighted by Gasteiger charge is -2.34. The van der Waals surface area contributed by atoms with Gasteiger partial charge in [-0.25, -0.2) is 4.39 Å². The second-order valence-electron chi connectivity index (χ2n) is 7.91. The molecule has 0 spiro atoms. The van der Waals surface area contributed by atoms with Crippen LogP contribution in [0.4, 0.5) is 15.8 Å². The van der Waals surface area contributed by atoms with Crippen molar-refractivity contribution in [1.82, 2.24) is 0 Å². The molecule has 1 aliphatic carbocycles. The molecule has 4 rings (SSSR count). The third kappa shape index (κ3) is 3.02. The van der Waals surface area contributed by atoms with Gasteiger partial charge < -0.3 is 20.6 Å². The first-order valence-electron chi connectivity index (χ1n) is 9.61. The van der Waals surface area contributed by atoms with Crippen molar-refractivity contribution in [3.63, 3.8) is 0 Å². The number of rotatable bonds is 5. The van der Waals surface area contributed by atoms with Gasteiger partial charge in [-0.3, -0.25) is 4.79 Å². The molecule has 0 radical (unpaired) electrons. The minimum Gasteiger partial charge on any atom is -0.481 e. The van der Waals surface area contributed by atoms with Gasteiger partial charge in [-0.1, -0.05) is 12.7 Å². The highest BCUT2D eigenvalue weighted by Crippen LogP contribution is 2.47. The zero-order chi connectivity index (χ0) is 19.3. The summed E-state index contributed by atoms with van der Waals surface area (Å²) in [7, 11) is 0. The van der Waals surface area contributed by atoms with Crippen molar-refractivity contribution in [3.05, 3.63) is 41.9 Å². The summed E-state index contributed by atoms with van der Waals surface area (Å²) in [5.74, 6) is -1.87. The predicted molar refractivity (Wildman–Crippen MR) is 105 cm³/mol. The second-order valence-corrected chi connectivity index (χ2v) is 7.91. The first-order valence-corrected chi connectivity index (χ1v) is 9.61. The fourth-order valence-corrected chi connectivity index (χ4v) is 4.36. The average Bonchev–Trinajstić information content (AvgIpc) is 3.35. The zero-order valence-electron chi connectivity index (χ0n) is 15.6. The number of fused-ring (bicyclic) bond motifs is 1. The minimum absolute atomic E-state index is 0.0603. The summed E-state index contributed by atoms with van der Waals surface area (Å²) in [4.78, 5) is 15.9. The smallest absolute Gasteiger partial charge is 0.315 e. The quantitative estimate of drug-likeness (QED) is 0.831. The molecule has 0 amide bonds. The van der Waals surface area contributed by atoms with Crippen molar-refractivity contribution in [1.29, 1.82) is 0 Å². The van der Waals surface area contributed by atoms with Crippen molar-refractivity contribution in [3.8, 4) is 0 Å². The maximum atomic E-state index is 15.2. The fraction of sp³-hybridized carbons (Fsp3) is 0.476. The Labute approximate surface area is 158 Å². The first-order chi connectivity index (χ1) is 12.9.